The summed E-state index contributed by atoms with van der Waals surface area (Å²) in [5.74, 6) is 0.896. The van der Waals surface area contributed by atoms with Crippen LogP contribution in [0.1, 0.15) is 5.56 Å². The van der Waals surface area contributed by atoms with Crippen LogP contribution in [0.3, 0.4) is 0 Å². The van der Waals surface area contributed by atoms with E-state index in [0.717, 1.165) is 10.0 Å². The molecule has 2 aromatic carbocycles. The van der Waals surface area contributed by atoms with Crippen molar-refractivity contribution in [2.75, 3.05) is 0 Å². The minimum absolute atomic E-state index is 0.118. The first-order valence-corrected chi connectivity index (χ1v) is 12.0. The molecule has 1 N–H and O–H groups in total. The van der Waals surface area contributed by atoms with Crippen molar-refractivity contribution >= 4 is 44.8 Å². The molecule has 0 spiro atoms. The van der Waals surface area contributed by atoms with Crippen molar-refractivity contribution in [3.05, 3.63) is 116 Å². The molecule has 3 heterocycles. The van der Waals surface area contributed by atoms with E-state index in [2.05, 4.69) is 20.9 Å². The molecule has 0 fully saturated rings. The van der Waals surface area contributed by atoms with Crippen molar-refractivity contribution in [3.63, 3.8) is 0 Å². The summed E-state index contributed by atoms with van der Waals surface area (Å²) in [5, 5.41) is 12.1. The van der Waals surface area contributed by atoms with Gasteiger partial charge in [-0.15, -0.1) is 0 Å². The Bertz CT molecular complexity index is 1600. The summed E-state index contributed by atoms with van der Waals surface area (Å²) in [6.45, 7) is 0.250. The van der Waals surface area contributed by atoms with Gasteiger partial charge in [0.1, 0.15) is 23.6 Å². The summed E-state index contributed by atoms with van der Waals surface area (Å²) >= 11 is 15.5. The predicted molar refractivity (Wildman–Crippen MR) is 139 cm³/mol. The van der Waals surface area contributed by atoms with Crippen LogP contribution in [-0.2, 0) is 6.54 Å². The summed E-state index contributed by atoms with van der Waals surface area (Å²) in [6, 6.07) is 21.1. The van der Waals surface area contributed by atoms with E-state index >= 15 is 0 Å². The Balaban J connectivity index is 1.70. The van der Waals surface area contributed by atoms with Crippen LogP contribution in [0.15, 0.2) is 94.5 Å². The number of hydrogen-bond acceptors (Lipinski definition) is 4. The largest absolute Gasteiger partial charge is 0.477 e. The number of benzene rings is 2. The fraction of sp³-hybridized carbons (Fsp3) is 0.0385. The fourth-order valence-electron chi connectivity index (χ4n) is 3.75. The van der Waals surface area contributed by atoms with Crippen LogP contribution in [0.4, 0.5) is 0 Å². The second-order valence-electron chi connectivity index (χ2n) is 7.74. The molecule has 0 radical (unpaired) electrons. The lowest BCUT2D eigenvalue weighted by molar-refractivity contribution is -0.671. The summed E-state index contributed by atoms with van der Waals surface area (Å²) in [7, 11) is 0. The zero-order valence-corrected chi connectivity index (χ0v) is 21.1. The lowest BCUT2D eigenvalue weighted by Crippen LogP contribution is -2.41. The number of fused-ring (bicyclic) bond motifs is 1. The number of halogens is 3. The summed E-state index contributed by atoms with van der Waals surface area (Å²) in [4.78, 5) is 17.7. The van der Waals surface area contributed by atoms with E-state index in [0.29, 0.717) is 32.9 Å². The minimum atomic E-state index is -0.411. The third-order valence-electron chi connectivity index (χ3n) is 5.38. The standard InChI is InChI=1S/C26H16BrCl2N3O3/c27-18-5-7-20(8-6-18)35-21-9-11-23-31(14-16-4-10-22(29)30-13-16)25(33)24(26(34)32(23)15-21)17-2-1-3-19(28)12-17/h1-13,15H,14H2/p+1. The molecular weight excluding hydrogens is 553 g/mol. The van der Waals surface area contributed by atoms with Crippen LogP contribution in [0.2, 0.25) is 10.2 Å². The van der Waals surface area contributed by atoms with Crippen LogP contribution >= 0.6 is 39.1 Å². The molecule has 0 aliphatic rings. The van der Waals surface area contributed by atoms with Crippen molar-refractivity contribution in [2.24, 2.45) is 0 Å². The maximum atomic E-state index is 13.6. The van der Waals surface area contributed by atoms with Crippen LogP contribution in [0.25, 0.3) is 16.8 Å². The first-order chi connectivity index (χ1) is 16.9. The van der Waals surface area contributed by atoms with E-state index in [-0.39, 0.29) is 18.0 Å². The van der Waals surface area contributed by atoms with E-state index in [1.165, 1.54) is 4.40 Å². The third-order valence-corrected chi connectivity index (χ3v) is 6.37. The predicted octanol–water partition coefficient (Wildman–Crippen LogP) is 6.26. The van der Waals surface area contributed by atoms with Crippen LogP contribution < -0.4 is 14.9 Å². The molecule has 5 rings (SSSR count). The van der Waals surface area contributed by atoms with E-state index in [4.69, 9.17) is 27.9 Å². The van der Waals surface area contributed by atoms with Gasteiger partial charge in [-0.2, -0.15) is 8.97 Å². The molecule has 0 saturated carbocycles. The van der Waals surface area contributed by atoms with Gasteiger partial charge in [0.25, 0.3) is 11.5 Å². The SMILES string of the molecule is O=c1c(-c2cccc(Cl)c2)c(O)[n+](Cc2ccc(Cl)nc2)c2ccc(Oc3ccc(Br)cc3)cn12. The maximum absolute atomic E-state index is 13.6. The summed E-state index contributed by atoms with van der Waals surface area (Å²) < 4.78 is 9.98. The molecule has 174 valence electrons. The van der Waals surface area contributed by atoms with Gasteiger partial charge in [0.2, 0.25) is 0 Å². The molecule has 6 nitrogen and oxygen atoms in total. The Kier molecular flexibility index (Phi) is 6.47. The number of pyridine rings is 2. The molecular formula is C26H17BrCl2N3O3+. The molecule has 0 aliphatic heterocycles. The van der Waals surface area contributed by atoms with Crippen LogP contribution in [0, 0.1) is 0 Å². The third kappa shape index (κ3) is 4.89. The smallest absolute Gasteiger partial charge is 0.354 e. The van der Waals surface area contributed by atoms with E-state index in [1.54, 1.807) is 59.4 Å². The van der Waals surface area contributed by atoms with Crippen LogP contribution in [0.5, 0.6) is 17.4 Å². The maximum Gasteiger partial charge on any atom is 0.354 e. The summed E-state index contributed by atoms with van der Waals surface area (Å²) in [6.07, 6.45) is 3.23. The van der Waals surface area contributed by atoms with Crippen molar-refractivity contribution in [1.82, 2.24) is 9.38 Å². The second kappa shape index (κ2) is 9.70. The highest BCUT2D eigenvalue weighted by Gasteiger charge is 2.26. The Morgan fingerprint density at radius 1 is 1.00 bits per heavy atom. The van der Waals surface area contributed by atoms with Gasteiger partial charge >= 0.3 is 5.56 Å². The highest BCUT2D eigenvalue weighted by Crippen LogP contribution is 2.28. The average molecular weight is 570 g/mol. The number of aromatic hydroxyl groups is 1. The highest BCUT2D eigenvalue weighted by molar-refractivity contribution is 9.10. The molecule has 0 saturated heterocycles. The molecule has 0 atom stereocenters. The van der Waals surface area contributed by atoms with E-state index in [1.807, 2.05) is 30.3 Å². The lowest BCUT2D eigenvalue weighted by atomic mass is 10.1. The molecule has 0 bridgehead atoms. The number of rotatable bonds is 5. The Hall–Kier alpha value is -3.39. The Morgan fingerprint density at radius 2 is 1.77 bits per heavy atom. The quantitative estimate of drug-likeness (QED) is 0.200. The van der Waals surface area contributed by atoms with Gasteiger partial charge in [0, 0.05) is 27.3 Å². The average Bonchev–Trinajstić information content (AvgIpc) is 2.85. The van der Waals surface area contributed by atoms with Crippen molar-refractivity contribution in [3.8, 4) is 28.5 Å². The molecule has 9 heteroatoms. The van der Waals surface area contributed by atoms with Crippen molar-refractivity contribution in [2.45, 2.75) is 6.54 Å². The Labute approximate surface area is 218 Å². The molecule has 3 aromatic heterocycles. The van der Waals surface area contributed by atoms with Gasteiger partial charge < -0.3 is 9.84 Å². The Morgan fingerprint density at radius 3 is 2.49 bits per heavy atom. The monoisotopic (exact) mass is 568 g/mol. The fourth-order valence-corrected chi connectivity index (χ4v) is 4.32. The zero-order chi connectivity index (χ0) is 24.5. The van der Waals surface area contributed by atoms with Crippen LogP contribution in [-0.4, -0.2) is 14.5 Å². The first-order valence-electron chi connectivity index (χ1n) is 10.5. The van der Waals surface area contributed by atoms with Gasteiger partial charge in [0.15, 0.2) is 11.3 Å². The minimum Gasteiger partial charge on any atom is -0.477 e. The normalized spacial score (nSPS) is 11.1. The number of hydrogen-bond donors (Lipinski definition) is 1. The van der Waals surface area contributed by atoms with Gasteiger partial charge in [-0.05, 0) is 54.1 Å². The van der Waals surface area contributed by atoms with Crippen molar-refractivity contribution in [1.29, 1.82) is 0 Å². The number of aromatic nitrogens is 3. The zero-order valence-electron chi connectivity index (χ0n) is 18.0. The highest BCUT2D eigenvalue weighted by atomic mass is 79.9. The molecule has 0 amide bonds. The van der Waals surface area contributed by atoms with Gasteiger partial charge in [-0.25, -0.2) is 9.78 Å². The molecule has 35 heavy (non-hydrogen) atoms. The topological polar surface area (TPSA) is 67.7 Å². The van der Waals surface area contributed by atoms with E-state index in [9.17, 15) is 9.90 Å². The number of nitrogens with zero attached hydrogens (tertiary/aromatic N) is 3. The molecule has 0 aliphatic carbocycles. The van der Waals surface area contributed by atoms with Gasteiger partial charge in [0.05, 0.1) is 0 Å². The van der Waals surface area contributed by atoms with Crippen molar-refractivity contribution < 1.29 is 14.4 Å². The second-order valence-corrected chi connectivity index (χ2v) is 9.48. The number of ether oxygens (including phenoxy) is 1. The lowest BCUT2D eigenvalue weighted by Gasteiger charge is -2.12. The van der Waals surface area contributed by atoms with E-state index < -0.39 is 5.56 Å². The first kappa shape index (κ1) is 23.4. The molecule has 5 aromatic rings. The van der Waals surface area contributed by atoms with Gasteiger partial charge in [-0.1, -0.05) is 57.3 Å². The summed E-state index contributed by atoms with van der Waals surface area (Å²) in [5.41, 5.74) is 1.47. The molecule has 0 unspecified atom stereocenters. The van der Waals surface area contributed by atoms with Gasteiger partial charge in [-0.3, -0.25) is 0 Å².